The van der Waals surface area contributed by atoms with E-state index in [4.69, 9.17) is 4.18 Å². The Morgan fingerprint density at radius 2 is 1.80 bits per heavy atom. The van der Waals surface area contributed by atoms with Crippen molar-refractivity contribution in [3.8, 4) is 5.75 Å². The summed E-state index contributed by atoms with van der Waals surface area (Å²) in [6.45, 7) is 4.23. The number of hydrogen-bond donors (Lipinski definition) is 1. The van der Waals surface area contributed by atoms with Crippen LogP contribution in [0.3, 0.4) is 0 Å². The first-order chi connectivity index (χ1) is 11.8. The lowest BCUT2D eigenvalue weighted by Gasteiger charge is -2.17. The molecule has 1 aliphatic heterocycles. The number of fused-ring (bicyclic) bond motifs is 1. The van der Waals surface area contributed by atoms with Gasteiger partial charge in [0.1, 0.15) is 10.6 Å². The van der Waals surface area contributed by atoms with Gasteiger partial charge < -0.3 is 9.50 Å². The molecule has 0 spiro atoms. The summed E-state index contributed by atoms with van der Waals surface area (Å²) in [5.41, 5.74) is 2.68. The molecule has 0 aliphatic carbocycles. The highest BCUT2D eigenvalue weighted by Crippen LogP contribution is 2.28. The average molecular weight is 359 g/mol. The first kappa shape index (κ1) is 17.5. The van der Waals surface area contributed by atoms with Gasteiger partial charge in [0.25, 0.3) is 0 Å². The van der Waals surface area contributed by atoms with Crippen LogP contribution >= 0.6 is 0 Å². The molecule has 25 heavy (non-hydrogen) atoms. The van der Waals surface area contributed by atoms with E-state index in [9.17, 15) is 13.2 Å². The third-order valence-electron chi connectivity index (χ3n) is 4.03. The normalized spacial score (nSPS) is 14.1. The number of carbonyl (C=O) groups is 1. The van der Waals surface area contributed by atoms with E-state index in [1.54, 1.807) is 30.3 Å². The highest BCUT2D eigenvalue weighted by molar-refractivity contribution is 7.87. The zero-order valence-corrected chi connectivity index (χ0v) is 15.1. The third-order valence-corrected chi connectivity index (χ3v) is 5.30. The molecule has 0 saturated heterocycles. The van der Waals surface area contributed by atoms with Crippen LogP contribution in [0.25, 0.3) is 0 Å². The third kappa shape index (κ3) is 4.20. The number of aryl methyl sites for hydroxylation is 1. The minimum absolute atomic E-state index is 0.0322. The van der Waals surface area contributed by atoms with Crippen molar-refractivity contribution in [2.24, 2.45) is 5.92 Å². The fraction of sp³-hybridized carbons (Fsp3) is 0.316. The minimum Gasteiger partial charge on any atom is -0.379 e. The van der Waals surface area contributed by atoms with Gasteiger partial charge in [-0.2, -0.15) is 8.42 Å². The van der Waals surface area contributed by atoms with Crippen LogP contribution in [0.2, 0.25) is 0 Å². The van der Waals surface area contributed by atoms with Crippen LogP contribution < -0.4 is 9.50 Å². The molecule has 6 heteroatoms. The quantitative estimate of drug-likeness (QED) is 0.829. The number of anilines is 1. The Hall–Kier alpha value is -2.34. The van der Waals surface area contributed by atoms with Crippen molar-refractivity contribution in [1.82, 2.24) is 0 Å². The predicted molar refractivity (Wildman–Crippen MR) is 96.2 cm³/mol. The lowest BCUT2D eigenvalue weighted by atomic mass is 10.0. The molecule has 2 aromatic rings. The van der Waals surface area contributed by atoms with Crippen molar-refractivity contribution in [3.63, 3.8) is 0 Å². The molecule has 1 heterocycles. The number of rotatable bonds is 5. The SMILES string of the molecule is CC(C)Cc1ccc(S(=O)(=O)Oc2ccc3c(c2)CCC(=O)N3)cc1. The first-order valence-corrected chi connectivity index (χ1v) is 9.70. The van der Waals surface area contributed by atoms with E-state index in [2.05, 4.69) is 19.2 Å². The van der Waals surface area contributed by atoms with Crippen molar-refractivity contribution >= 4 is 21.7 Å². The van der Waals surface area contributed by atoms with E-state index < -0.39 is 10.1 Å². The highest BCUT2D eigenvalue weighted by atomic mass is 32.2. The Balaban J connectivity index is 1.78. The number of amides is 1. The molecule has 132 valence electrons. The Morgan fingerprint density at radius 1 is 1.08 bits per heavy atom. The summed E-state index contributed by atoms with van der Waals surface area (Å²) < 4.78 is 30.2. The second kappa shape index (κ2) is 6.88. The number of nitrogens with one attached hydrogen (secondary N) is 1. The van der Waals surface area contributed by atoms with Gasteiger partial charge in [-0.25, -0.2) is 0 Å². The van der Waals surface area contributed by atoms with Crippen LogP contribution in [0.1, 0.15) is 31.4 Å². The van der Waals surface area contributed by atoms with Gasteiger partial charge in [0.05, 0.1) is 0 Å². The van der Waals surface area contributed by atoms with Gasteiger partial charge in [-0.15, -0.1) is 0 Å². The van der Waals surface area contributed by atoms with E-state index >= 15 is 0 Å². The molecule has 0 unspecified atom stereocenters. The molecule has 0 radical (unpaired) electrons. The minimum atomic E-state index is -3.88. The van der Waals surface area contributed by atoms with Gasteiger partial charge in [0.2, 0.25) is 5.91 Å². The van der Waals surface area contributed by atoms with Crippen molar-refractivity contribution in [3.05, 3.63) is 53.6 Å². The fourth-order valence-electron chi connectivity index (χ4n) is 2.85. The van der Waals surface area contributed by atoms with E-state index in [0.717, 1.165) is 17.5 Å². The van der Waals surface area contributed by atoms with E-state index in [1.165, 1.54) is 0 Å². The molecular formula is C19H21NO4S. The van der Waals surface area contributed by atoms with E-state index in [1.807, 2.05) is 12.1 Å². The van der Waals surface area contributed by atoms with Gasteiger partial charge in [0.15, 0.2) is 0 Å². The lowest BCUT2D eigenvalue weighted by Crippen LogP contribution is -2.19. The summed E-state index contributed by atoms with van der Waals surface area (Å²) in [5.74, 6) is 0.728. The maximum Gasteiger partial charge on any atom is 0.339 e. The molecule has 1 aliphatic rings. The zero-order chi connectivity index (χ0) is 18.0. The summed E-state index contributed by atoms with van der Waals surface area (Å²) in [4.78, 5) is 11.5. The molecule has 0 atom stereocenters. The van der Waals surface area contributed by atoms with Gasteiger partial charge >= 0.3 is 10.1 Å². The molecule has 0 bridgehead atoms. The maximum absolute atomic E-state index is 12.5. The Kier molecular flexibility index (Phi) is 4.81. The summed E-state index contributed by atoms with van der Waals surface area (Å²) in [6.07, 6.45) is 1.86. The van der Waals surface area contributed by atoms with Crippen LogP contribution in [-0.2, 0) is 27.8 Å². The van der Waals surface area contributed by atoms with Crippen LogP contribution in [0.15, 0.2) is 47.4 Å². The zero-order valence-electron chi connectivity index (χ0n) is 14.3. The molecule has 0 fully saturated rings. The van der Waals surface area contributed by atoms with Crippen molar-refractivity contribution in [1.29, 1.82) is 0 Å². The molecule has 0 aromatic heterocycles. The van der Waals surface area contributed by atoms with Gasteiger partial charge in [-0.1, -0.05) is 26.0 Å². The standard InChI is InChI=1S/C19H21NO4S/c1-13(2)11-14-3-7-17(8-4-14)25(22,23)24-16-6-9-18-15(12-16)5-10-19(21)20-18/h3-4,6-9,12-13H,5,10-11H2,1-2H3,(H,20,21). The predicted octanol–water partition coefficient (Wildman–Crippen LogP) is 3.54. The van der Waals surface area contributed by atoms with Crippen molar-refractivity contribution in [2.45, 2.75) is 38.0 Å². The smallest absolute Gasteiger partial charge is 0.339 e. The topological polar surface area (TPSA) is 72.5 Å². The van der Waals surface area contributed by atoms with Gasteiger partial charge in [0, 0.05) is 12.1 Å². The fourth-order valence-corrected chi connectivity index (χ4v) is 3.77. The second-order valence-corrected chi connectivity index (χ2v) is 8.19. The van der Waals surface area contributed by atoms with Crippen LogP contribution in [-0.4, -0.2) is 14.3 Å². The van der Waals surface area contributed by atoms with Gasteiger partial charge in [-0.3, -0.25) is 4.79 Å². The molecule has 0 saturated carbocycles. The molecule has 2 aromatic carbocycles. The van der Waals surface area contributed by atoms with Crippen molar-refractivity contribution < 1.29 is 17.4 Å². The summed E-state index contributed by atoms with van der Waals surface area (Å²) in [5, 5.41) is 2.76. The Morgan fingerprint density at radius 3 is 2.48 bits per heavy atom. The second-order valence-electron chi connectivity index (χ2n) is 6.65. The maximum atomic E-state index is 12.5. The van der Waals surface area contributed by atoms with Gasteiger partial charge in [-0.05, 0) is 60.2 Å². The Labute approximate surface area is 148 Å². The highest BCUT2D eigenvalue weighted by Gasteiger charge is 2.19. The van der Waals surface area contributed by atoms with E-state index in [0.29, 0.717) is 24.4 Å². The van der Waals surface area contributed by atoms with Crippen LogP contribution in [0.5, 0.6) is 5.75 Å². The lowest BCUT2D eigenvalue weighted by molar-refractivity contribution is -0.116. The number of carbonyl (C=O) groups excluding carboxylic acids is 1. The summed E-state index contributed by atoms with van der Waals surface area (Å²) >= 11 is 0. The Bertz CT molecular complexity index is 886. The monoisotopic (exact) mass is 359 g/mol. The molecule has 5 nitrogen and oxygen atoms in total. The van der Waals surface area contributed by atoms with Crippen molar-refractivity contribution in [2.75, 3.05) is 5.32 Å². The molecular weight excluding hydrogens is 338 g/mol. The summed E-state index contributed by atoms with van der Waals surface area (Å²) in [7, 11) is -3.88. The average Bonchev–Trinajstić information content (AvgIpc) is 2.54. The van der Waals surface area contributed by atoms with Crippen LogP contribution in [0.4, 0.5) is 5.69 Å². The molecule has 1 amide bonds. The number of benzene rings is 2. The number of hydrogen-bond acceptors (Lipinski definition) is 4. The van der Waals surface area contributed by atoms with E-state index in [-0.39, 0.29) is 16.6 Å². The summed E-state index contributed by atoms with van der Waals surface area (Å²) in [6, 6.07) is 11.7. The molecule has 3 rings (SSSR count). The van der Waals surface area contributed by atoms with Crippen LogP contribution in [0, 0.1) is 5.92 Å². The molecule has 1 N–H and O–H groups in total. The first-order valence-electron chi connectivity index (χ1n) is 8.30. The largest absolute Gasteiger partial charge is 0.379 e.